The summed E-state index contributed by atoms with van der Waals surface area (Å²) in [6.45, 7) is 2.08. The number of aromatic carboxylic acids is 1. The molecule has 2 N–H and O–H groups in total. The van der Waals surface area contributed by atoms with Crippen LogP contribution in [0.2, 0.25) is 0 Å². The van der Waals surface area contributed by atoms with E-state index in [1.54, 1.807) is 37.3 Å². The minimum Gasteiger partial charge on any atom is -0.493 e. The monoisotopic (exact) mass is 336 g/mol. The maximum atomic E-state index is 12.2. The Balaban J connectivity index is 2.30. The fraction of sp³-hybridized carbons (Fsp3) is 0.105. The van der Waals surface area contributed by atoms with Crippen molar-refractivity contribution in [3.8, 4) is 11.8 Å². The second-order valence-corrected chi connectivity index (χ2v) is 4.98. The van der Waals surface area contributed by atoms with Gasteiger partial charge in [0, 0.05) is 5.69 Å². The van der Waals surface area contributed by atoms with Gasteiger partial charge in [0.15, 0.2) is 0 Å². The van der Waals surface area contributed by atoms with Crippen molar-refractivity contribution < 1.29 is 19.4 Å². The smallest absolute Gasteiger partial charge is 0.339 e. The lowest BCUT2D eigenvalue weighted by molar-refractivity contribution is -0.112. The number of nitrogens with zero attached hydrogens (tertiary/aromatic N) is 1. The molecule has 0 unspecified atom stereocenters. The predicted molar refractivity (Wildman–Crippen MR) is 93.2 cm³/mol. The molecule has 0 radical (unpaired) electrons. The number of rotatable bonds is 6. The number of carbonyl (C=O) groups excluding carboxylic acids is 1. The lowest BCUT2D eigenvalue weighted by Crippen LogP contribution is -2.13. The number of benzene rings is 2. The van der Waals surface area contributed by atoms with Gasteiger partial charge in [-0.2, -0.15) is 5.26 Å². The van der Waals surface area contributed by atoms with Crippen LogP contribution >= 0.6 is 0 Å². The number of carboxylic acids is 1. The third-order valence-electron chi connectivity index (χ3n) is 3.24. The minimum absolute atomic E-state index is 0.0312. The van der Waals surface area contributed by atoms with Crippen molar-refractivity contribution in [3.63, 3.8) is 0 Å². The van der Waals surface area contributed by atoms with Crippen LogP contribution in [0, 0.1) is 11.3 Å². The molecule has 126 valence electrons. The van der Waals surface area contributed by atoms with Crippen molar-refractivity contribution >= 4 is 23.6 Å². The van der Waals surface area contributed by atoms with Gasteiger partial charge in [0.25, 0.3) is 5.91 Å². The number of nitriles is 1. The Morgan fingerprint density at radius 2 is 1.96 bits per heavy atom. The number of ether oxygens (including phenoxy) is 1. The van der Waals surface area contributed by atoms with Gasteiger partial charge >= 0.3 is 5.97 Å². The summed E-state index contributed by atoms with van der Waals surface area (Å²) in [4.78, 5) is 23.5. The Hall–Kier alpha value is -3.59. The molecule has 2 aromatic rings. The van der Waals surface area contributed by atoms with Crippen LogP contribution in [0.15, 0.2) is 54.1 Å². The molecule has 0 heterocycles. The Kier molecular flexibility index (Phi) is 5.91. The summed E-state index contributed by atoms with van der Waals surface area (Å²) < 4.78 is 5.27. The average molecular weight is 336 g/mol. The molecule has 0 aliphatic heterocycles. The molecule has 1 amide bonds. The first kappa shape index (κ1) is 17.8. The molecule has 0 aliphatic rings. The standard InChI is InChI=1S/C19H16N2O4/c1-2-25-17-9-8-13(11-16(17)19(23)24)10-14(12-20)18(22)21-15-6-4-3-5-7-15/h3-11H,2H2,1H3,(H,21,22)(H,23,24)/b14-10+. The van der Waals surface area contributed by atoms with E-state index < -0.39 is 11.9 Å². The molecule has 0 aliphatic carbocycles. The van der Waals surface area contributed by atoms with Crippen LogP contribution in [-0.4, -0.2) is 23.6 Å². The topological polar surface area (TPSA) is 99.4 Å². The molecule has 0 fully saturated rings. The van der Waals surface area contributed by atoms with E-state index in [0.29, 0.717) is 17.9 Å². The lowest BCUT2D eigenvalue weighted by atomic mass is 10.1. The van der Waals surface area contributed by atoms with E-state index in [2.05, 4.69) is 5.32 Å². The summed E-state index contributed by atoms with van der Waals surface area (Å²) in [6.07, 6.45) is 1.33. The number of nitrogens with one attached hydrogen (secondary N) is 1. The van der Waals surface area contributed by atoms with Gasteiger partial charge in [-0.15, -0.1) is 0 Å². The highest BCUT2D eigenvalue weighted by molar-refractivity contribution is 6.09. The van der Waals surface area contributed by atoms with E-state index in [0.717, 1.165) is 0 Å². The van der Waals surface area contributed by atoms with Crippen LogP contribution in [0.25, 0.3) is 6.08 Å². The number of hydrogen-bond donors (Lipinski definition) is 2. The number of carboxylic acid groups (broad SMARTS) is 1. The zero-order chi connectivity index (χ0) is 18.2. The second-order valence-electron chi connectivity index (χ2n) is 4.98. The SMILES string of the molecule is CCOc1ccc(/C=C(\C#N)C(=O)Nc2ccccc2)cc1C(=O)O. The Morgan fingerprint density at radius 1 is 1.24 bits per heavy atom. The summed E-state index contributed by atoms with van der Waals surface area (Å²) in [7, 11) is 0. The molecule has 6 heteroatoms. The van der Waals surface area contributed by atoms with Crippen molar-refractivity contribution in [2.45, 2.75) is 6.92 Å². The van der Waals surface area contributed by atoms with E-state index in [1.165, 1.54) is 18.2 Å². The fourth-order valence-corrected chi connectivity index (χ4v) is 2.12. The first-order valence-corrected chi connectivity index (χ1v) is 7.53. The summed E-state index contributed by atoms with van der Waals surface area (Å²) in [5.74, 6) is -1.48. The van der Waals surface area contributed by atoms with Crippen LogP contribution in [0.4, 0.5) is 5.69 Å². The van der Waals surface area contributed by atoms with Crippen molar-refractivity contribution in [1.82, 2.24) is 0 Å². The van der Waals surface area contributed by atoms with Crippen molar-refractivity contribution in [2.75, 3.05) is 11.9 Å². The summed E-state index contributed by atoms with van der Waals surface area (Å²) >= 11 is 0. The molecule has 0 saturated heterocycles. The first-order valence-electron chi connectivity index (χ1n) is 7.53. The Bertz CT molecular complexity index is 851. The molecule has 0 saturated carbocycles. The molecule has 2 rings (SSSR count). The zero-order valence-corrected chi connectivity index (χ0v) is 13.5. The quantitative estimate of drug-likeness (QED) is 0.622. The van der Waals surface area contributed by atoms with Gasteiger partial charge in [-0.05, 0) is 42.8 Å². The Labute approximate surface area is 145 Å². The lowest BCUT2D eigenvalue weighted by Gasteiger charge is -2.08. The average Bonchev–Trinajstić information content (AvgIpc) is 2.61. The third-order valence-corrected chi connectivity index (χ3v) is 3.24. The van der Waals surface area contributed by atoms with Gasteiger partial charge in [-0.3, -0.25) is 4.79 Å². The molecular formula is C19H16N2O4. The van der Waals surface area contributed by atoms with Gasteiger partial charge in [-0.1, -0.05) is 24.3 Å². The van der Waals surface area contributed by atoms with Gasteiger partial charge in [0.1, 0.15) is 23.0 Å². The van der Waals surface area contributed by atoms with Crippen molar-refractivity contribution in [1.29, 1.82) is 5.26 Å². The van der Waals surface area contributed by atoms with E-state index >= 15 is 0 Å². The summed E-state index contributed by atoms with van der Waals surface area (Å²) in [5.41, 5.74) is 0.813. The fourth-order valence-electron chi connectivity index (χ4n) is 2.12. The van der Waals surface area contributed by atoms with Gasteiger partial charge in [0.2, 0.25) is 0 Å². The van der Waals surface area contributed by atoms with Crippen LogP contribution in [0.1, 0.15) is 22.8 Å². The number of anilines is 1. The maximum Gasteiger partial charge on any atom is 0.339 e. The van der Waals surface area contributed by atoms with Crippen LogP contribution < -0.4 is 10.1 Å². The first-order chi connectivity index (χ1) is 12.0. The summed E-state index contributed by atoms with van der Waals surface area (Å²) in [6, 6.07) is 15.0. The number of carbonyl (C=O) groups is 2. The van der Waals surface area contributed by atoms with E-state index in [9.17, 15) is 20.0 Å². The minimum atomic E-state index is -1.15. The molecule has 0 spiro atoms. The van der Waals surface area contributed by atoms with Crippen molar-refractivity contribution in [2.24, 2.45) is 0 Å². The van der Waals surface area contributed by atoms with Gasteiger partial charge in [0.05, 0.1) is 6.61 Å². The number of para-hydroxylation sites is 1. The van der Waals surface area contributed by atoms with E-state index in [4.69, 9.17) is 4.74 Å². The van der Waals surface area contributed by atoms with E-state index in [-0.39, 0.29) is 16.9 Å². The number of hydrogen-bond acceptors (Lipinski definition) is 4. The Morgan fingerprint density at radius 3 is 2.56 bits per heavy atom. The van der Waals surface area contributed by atoms with Gasteiger partial charge in [-0.25, -0.2) is 4.79 Å². The second kappa shape index (κ2) is 8.31. The molecule has 6 nitrogen and oxygen atoms in total. The van der Waals surface area contributed by atoms with E-state index in [1.807, 2.05) is 12.1 Å². The largest absolute Gasteiger partial charge is 0.493 e. The highest BCUT2D eigenvalue weighted by atomic mass is 16.5. The summed E-state index contributed by atoms with van der Waals surface area (Å²) in [5, 5.41) is 21.1. The van der Waals surface area contributed by atoms with Crippen LogP contribution in [0.3, 0.4) is 0 Å². The predicted octanol–water partition coefficient (Wildman–Crippen LogP) is 3.33. The maximum absolute atomic E-state index is 12.2. The molecule has 0 aromatic heterocycles. The molecule has 0 atom stereocenters. The molecule has 0 bridgehead atoms. The van der Waals surface area contributed by atoms with Crippen LogP contribution in [-0.2, 0) is 4.79 Å². The molecular weight excluding hydrogens is 320 g/mol. The molecule has 2 aromatic carbocycles. The zero-order valence-electron chi connectivity index (χ0n) is 13.5. The van der Waals surface area contributed by atoms with Crippen LogP contribution in [0.5, 0.6) is 5.75 Å². The highest BCUT2D eigenvalue weighted by Crippen LogP contribution is 2.22. The highest BCUT2D eigenvalue weighted by Gasteiger charge is 2.14. The van der Waals surface area contributed by atoms with Crippen molar-refractivity contribution in [3.05, 3.63) is 65.2 Å². The number of amides is 1. The van der Waals surface area contributed by atoms with Gasteiger partial charge < -0.3 is 15.2 Å². The molecule has 25 heavy (non-hydrogen) atoms. The third kappa shape index (κ3) is 4.69. The normalized spacial score (nSPS) is 10.6.